The van der Waals surface area contributed by atoms with Crippen LogP contribution in [0.2, 0.25) is 0 Å². The van der Waals surface area contributed by atoms with Crippen LogP contribution in [0.1, 0.15) is 17.0 Å². The monoisotopic (exact) mass is 459 g/mol. The van der Waals surface area contributed by atoms with E-state index in [1.807, 2.05) is 36.4 Å². The molecule has 0 spiro atoms. The summed E-state index contributed by atoms with van der Waals surface area (Å²) in [6.45, 7) is 0.618. The lowest BCUT2D eigenvalue weighted by atomic mass is 10.0. The maximum Gasteiger partial charge on any atom is 0.261 e. The number of hydrogen-bond acceptors (Lipinski definition) is 7. The first-order chi connectivity index (χ1) is 16.7. The molecule has 0 saturated carbocycles. The summed E-state index contributed by atoms with van der Waals surface area (Å²) < 4.78 is 22.1. The Hall–Kier alpha value is -4.51. The molecule has 0 aliphatic heterocycles. The average Bonchev–Trinajstić information content (AvgIpc) is 2.88. The van der Waals surface area contributed by atoms with E-state index in [-0.39, 0.29) is 0 Å². The van der Waals surface area contributed by atoms with E-state index in [4.69, 9.17) is 18.9 Å². The highest BCUT2D eigenvalue weighted by molar-refractivity contribution is 5.88. The van der Waals surface area contributed by atoms with Gasteiger partial charge in [-0.1, -0.05) is 42.5 Å². The number of methoxy groups -OCH3 is 2. The predicted octanol–water partition coefficient (Wildman–Crippen LogP) is 3.92. The number of nitrogens with one attached hydrogen (secondary N) is 1. The van der Waals surface area contributed by atoms with Crippen LogP contribution in [0.25, 0.3) is 0 Å². The fourth-order valence-corrected chi connectivity index (χ4v) is 3.09. The molecule has 0 radical (unpaired) electrons. The van der Waals surface area contributed by atoms with Gasteiger partial charge < -0.3 is 18.9 Å². The molecule has 0 aliphatic rings. The standard InChI is InChI=1S/C26H25N3O5/c1-31-22-10-6-7-11-23(22)33-14-15-34-24-13-12-19(16-25(24)32-2)18-28-29-26(30)21(17-27)20-8-4-3-5-9-20/h3-13,16,18,21H,14-15H2,1-2H3,(H,29,30)/b28-18-/t21-/m0/s1. The normalized spacial score (nSPS) is 11.3. The third-order valence-electron chi connectivity index (χ3n) is 4.77. The minimum absolute atomic E-state index is 0.299. The molecular formula is C26H25N3O5. The van der Waals surface area contributed by atoms with E-state index in [0.29, 0.717) is 47.3 Å². The van der Waals surface area contributed by atoms with Crippen LogP contribution in [-0.4, -0.2) is 39.6 Å². The first kappa shape index (κ1) is 24.1. The maximum absolute atomic E-state index is 12.3. The van der Waals surface area contributed by atoms with E-state index in [1.54, 1.807) is 49.6 Å². The number of nitrogens with zero attached hydrogens (tertiary/aromatic N) is 2. The van der Waals surface area contributed by atoms with Crippen LogP contribution >= 0.6 is 0 Å². The van der Waals surface area contributed by atoms with Gasteiger partial charge in [-0.2, -0.15) is 10.4 Å². The lowest BCUT2D eigenvalue weighted by Crippen LogP contribution is -2.24. The topological polar surface area (TPSA) is 102 Å². The van der Waals surface area contributed by atoms with Crippen LogP contribution in [0, 0.1) is 11.3 Å². The summed E-state index contributed by atoms with van der Waals surface area (Å²) in [5, 5.41) is 13.3. The summed E-state index contributed by atoms with van der Waals surface area (Å²) in [4.78, 5) is 12.3. The minimum Gasteiger partial charge on any atom is -0.493 e. The zero-order valence-electron chi connectivity index (χ0n) is 18.9. The number of hydrazone groups is 1. The number of carbonyl (C=O) groups is 1. The molecule has 1 amide bonds. The summed E-state index contributed by atoms with van der Waals surface area (Å²) in [5.41, 5.74) is 3.70. The van der Waals surface area contributed by atoms with Crippen molar-refractivity contribution < 1.29 is 23.7 Å². The van der Waals surface area contributed by atoms with Crippen LogP contribution < -0.4 is 24.4 Å². The molecule has 0 heterocycles. The Morgan fingerprint density at radius 2 is 1.53 bits per heavy atom. The number of nitriles is 1. The first-order valence-corrected chi connectivity index (χ1v) is 10.5. The lowest BCUT2D eigenvalue weighted by Gasteiger charge is -2.13. The second kappa shape index (κ2) is 12.5. The number of ether oxygens (including phenoxy) is 4. The Kier molecular flexibility index (Phi) is 8.88. The van der Waals surface area contributed by atoms with Crippen molar-refractivity contribution in [1.82, 2.24) is 5.43 Å². The van der Waals surface area contributed by atoms with E-state index in [9.17, 15) is 10.1 Å². The number of carbonyl (C=O) groups excluding carboxylic acids is 1. The van der Waals surface area contributed by atoms with Crippen LogP contribution in [0.3, 0.4) is 0 Å². The second-order valence-corrected chi connectivity index (χ2v) is 6.97. The zero-order valence-corrected chi connectivity index (χ0v) is 18.9. The fourth-order valence-electron chi connectivity index (χ4n) is 3.09. The predicted molar refractivity (Wildman–Crippen MR) is 128 cm³/mol. The molecule has 0 unspecified atom stereocenters. The minimum atomic E-state index is -0.943. The summed E-state index contributed by atoms with van der Waals surface area (Å²) in [6.07, 6.45) is 1.47. The molecule has 0 saturated heterocycles. The molecule has 8 nitrogen and oxygen atoms in total. The first-order valence-electron chi connectivity index (χ1n) is 10.5. The number of rotatable bonds is 11. The Labute approximate surface area is 198 Å². The molecule has 1 N–H and O–H groups in total. The lowest BCUT2D eigenvalue weighted by molar-refractivity contribution is -0.121. The quantitative estimate of drug-likeness (QED) is 0.265. The molecule has 8 heteroatoms. The number of benzene rings is 3. The van der Waals surface area contributed by atoms with Gasteiger partial charge in [0.2, 0.25) is 0 Å². The molecule has 0 aliphatic carbocycles. The van der Waals surface area contributed by atoms with Crippen molar-refractivity contribution in [3.05, 3.63) is 83.9 Å². The van der Waals surface area contributed by atoms with Crippen LogP contribution in [-0.2, 0) is 4.79 Å². The highest BCUT2D eigenvalue weighted by Gasteiger charge is 2.19. The summed E-state index contributed by atoms with van der Waals surface area (Å²) in [6, 6.07) is 23.4. The Morgan fingerprint density at radius 3 is 2.18 bits per heavy atom. The summed E-state index contributed by atoms with van der Waals surface area (Å²) >= 11 is 0. The maximum atomic E-state index is 12.3. The molecule has 34 heavy (non-hydrogen) atoms. The highest BCUT2D eigenvalue weighted by atomic mass is 16.5. The van der Waals surface area contributed by atoms with Crippen LogP contribution in [0.15, 0.2) is 77.9 Å². The molecule has 174 valence electrons. The largest absolute Gasteiger partial charge is 0.493 e. The van der Waals surface area contributed by atoms with Gasteiger partial charge in [0.05, 0.1) is 26.5 Å². The van der Waals surface area contributed by atoms with E-state index >= 15 is 0 Å². The van der Waals surface area contributed by atoms with E-state index < -0.39 is 11.8 Å². The number of hydrogen-bond donors (Lipinski definition) is 1. The van der Waals surface area contributed by atoms with Gasteiger partial charge >= 0.3 is 0 Å². The molecule has 0 bridgehead atoms. The third kappa shape index (κ3) is 6.50. The molecule has 0 fully saturated rings. The van der Waals surface area contributed by atoms with Crippen molar-refractivity contribution >= 4 is 12.1 Å². The van der Waals surface area contributed by atoms with Crippen molar-refractivity contribution in [3.63, 3.8) is 0 Å². The molecular weight excluding hydrogens is 434 g/mol. The molecule has 3 aromatic carbocycles. The van der Waals surface area contributed by atoms with Crippen molar-refractivity contribution in [2.45, 2.75) is 5.92 Å². The second-order valence-electron chi connectivity index (χ2n) is 6.97. The van der Waals surface area contributed by atoms with Crippen LogP contribution in [0.5, 0.6) is 23.0 Å². The van der Waals surface area contributed by atoms with Crippen LogP contribution in [0.4, 0.5) is 0 Å². The smallest absolute Gasteiger partial charge is 0.261 e. The van der Waals surface area contributed by atoms with Gasteiger partial charge in [0.1, 0.15) is 13.2 Å². The molecule has 1 atom stereocenters. The SMILES string of the molecule is COc1ccccc1OCCOc1ccc(/C=N\NC(=O)[C@@H](C#N)c2ccccc2)cc1OC. The molecule has 3 rings (SSSR count). The Balaban J connectivity index is 1.54. The summed E-state index contributed by atoms with van der Waals surface area (Å²) in [5.74, 6) is 0.891. The van der Waals surface area contributed by atoms with Gasteiger partial charge in [0.15, 0.2) is 28.9 Å². The average molecular weight is 460 g/mol. The molecule has 0 aromatic heterocycles. The van der Waals surface area contributed by atoms with E-state index in [2.05, 4.69) is 10.5 Å². The zero-order chi connectivity index (χ0) is 24.2. The molecule has 3 aromatic rings. The van der Waals surface area contributed by atoms with Gasteiger partial charge in [-0.05, 0) is 41.5 Å². The van der Waals surface area contributed by atoms with Gasteiger partial charge in [0, 0.05) is 0 Å². The number of para-hydroxylation sites is 2. The van der Waals surface area contributed by atoms with Crippen molar-refractivity contribution in [3.8, 4) is 29.1 Å². The summed E-state index contributed by atoms with van der Waals surface area (Å²) in [7, 11) is 3.12. The van der Waals surface area contributed by atoms with Gasteiger partial charge in [-0.25, -0.2) is 5.43 Å². The Morgan fingerprint density at radius 1 is 0.912 bits per heavy atom. The van der Waals surface area contributed by atoms with Crippen molar-refractivity contribution in [2.75, 3.05) is 27.4 Å². The van der Waals surface area contributed by atoms with Crippen molar-refractivity contribution in [1.29, 1.82) is 5.26 Å². The number of amides is 1. The van der Waals surface area contributed by atoms with Gasteiger partial charge in [-0.15, -0.1) is 0 Å². The van der Waals surface area contributed by atoms with Gasteiger partial charge in [0.25, 0.3) is 5.91 Å². The third-order valence-corrected chi connectivity index (χ3v) is 4.77. The fraction of sp³-hybridized carbons (Fsp3) is 0.192. The van der Waals surface area contributed by atoms with E-state index in [1.165, 1.54) is 13.3 Å². The Bertz CT molecular complexity index is 1160. The van der Waals surface area contributed by atoms with Crippen molar-refractivity contribution in [2.24, 2.45) is 5.10 Å². The highest BCUT2D eigenvalue weighted by Crippen LogP contribution is 2.28. The van der Waals surface area contributed by atoms with E-state index in [0.717, 1.165) is 0 Å². The van der Waals surface area contributed by atoms with Gasteiger partial charge in [-0.3, -0.25) is 4.79 Å².